The predicted octanol–water partition coefficient (Wildman–Crippen LogP) is 2.47. The van der Waals surface area contributed by atoms with Crippen LogP contribution < -0.4 is 0 Å². The summed E-state index contributed by atoms with van der Waals surface area (Å²) in [5.41, 5.74) is 1.23. The summed E-state index contributed by atoms with van der Waals surface area (Å²) in [5.74, 6) is 3.88. The van der Waals surface area contributed by atoms with Crippen LogP contribution in [0.4, 0.5) is 0 Å². The van der Waals surface area contributed by atoms with Crippen molar-refractivity contribution >= 4 is 11.8 Å². The van der Waals surface area contributed by atoms with E-state index in [-0.39, 0.29) is 0 Å². The minimum atomic E-state index is 0.291. The molecule has 1 aliphatic heterocycles. The molecule has 0 radical (unpaired) electrons. The third-order valence-electron chi connectivity index (χ3n) is 4.07. The molecule has 6 heteroatoms. The number of tetrazole rings is 1. The van der Waals surface area contributed by atoms with E-state index in [1.165, 1.54) is 17.1 Å². The SMILES string of the molecule is CC(C)[C@@H](c1nnnn1Cc1ccccc1)N1CCSCC1. The summed E-state index contributed by atoms with van der Waals surface area (Å²) in [6.07, 6.45) is 0. The minimum absolute atomic E-state index is 0.291. The summed E-state index contributed by atoms with van der Waals surface area (Å²) in [4.78, 5) is 2.54. The monoisotopic (exact) mass is 317 g/mol. The van der Waals surface area contributed by atoms with Crippen LogP contribution in [0.1, 0.15) is 31.3 Å². The minimum Gasteiger partial charge on any atom is -0.291 e. The summed E-state index contributed by atoms with van der Waals surface area (Å²) in [5, 5.41) is 12.5. The van der Waals surface area contributed by atoms with Crippen molar-refractivity contribution < 1.29 is 0 Å². The molecule has 1 fully saturated rings. The van der Waals surface area contributed by atoms with E-state index >= 15 is 0 Å². The molecule has 0 bridgehead atoms. The van der Waals surface area contributed by atoms with Crippen LogP contribution in [-0.4, -0.2) is 49.7 Å². The number of hydrogen-bond donors (Lipinski definition) is 0. The molecule has 0 saturated carbocycles. The summed E-state index contributed by atoms with van der Waals surface area (Å²) < 4.78 is 1.96. The number of aromatic nitrogens is 4. The fourth-order valence-corrected chi connectivity index (χ4v) is 3.96. The Labute approximate surface area is 136 Å². The van der Waals surface area contributed by atoms with Crippen molar-refractivity contribution in [2.24, 2.45) is 5.92 Å². The quantitative estimate of drug-likeness (QED) is 0.848. The molecule has 0 amide bonds. The van der Waals surface area contributed by atoms with Crippen LogP contribution in [0.25, 0.3) is 0 Å². The highest BCUT2D eigenvalue weighted by molar-refractivity contribution is 7.99. The van der Waals surface area contributed by atoms with Crippen LogP contribution in [0.3, 0.4) is 0 Å². The van der Waals surface area contributed by atoms with Gasteiger partial charge in [-0.05, 0) is 21.9 Å². The highest BCUT2D eigenvalue weighted by Crippen LogP contribution is 2.29. The van der Waals surface area contributed by atoms with Crippen LogP contribution in [0, 0.1) is 5.92 Å². The van der Waals surface area contributed by atoms with Crippen molar-refractivity contribution in [1.29, 1.82) is 0 Å². The Morgan fingerprint density at radius 1 is 1.14 bits per heavy atom. The molecule has 22 heavy (non-hydrogen) atoms. The number of hydrogen-bond acceptors (Lipinski definition) is 5. The van der Waals surface area contributed by atoms with Crippen LogP contribution in [-0.2, 0) is 6.54 Å². The Morgan fingerprint density at radius 2 is 1.86 bits per heavy atom. The largest absolute Gasteiger partial charge is 0.291 e. The average Bonchev–Trinajstić information content (AvgIpc) is 2.97. The third kappa shape index (κ3) is 3.50. The van der Waals surface area contributed by atoms with Crippen molar-refractivity contribution in [2.75, 3.05) is 24.6 Å². The molecule has 1 saturated heterocycles. The molecule has 5 nitrogen and oxygen atoms in total. The van der Waals surface area contributed by atoms with Crippen molar-refractivity contribution in [3.05, 3.63) is 41.7 Å². The smallest absolute Gasteiger partial charge is 0.169 e. The Morgan fingerprint density at radius 3 is 2.55 bits per heavy atom. The van der Waals surface area contributed by atoms with Crippen LogP contribution in [0.2, 0.25) is 0 Å². The molecule has 1 aromatic carbocycles. The number of rotatable bonds is 5. The number of nitrogens with zero attached hydrogens (tertiary/aromatic N) is 5. The third-order valence-corrected chi connectivity index (χ3v) is 5.01. The molecule has 0 aliphatic carbocycles. The zero-order valence-electron chi connectivity index (χ0n) is 13.2. The fraction of sp³-hybridized carbons (Fsp3) is 0.562. The first-order chi connectivity index (χ1) is 10.8. The van der Waals surface area contributed by atoms with Gasteiger partial charge in [0.2, 0.25) is 0 Å². The maximum atomic E-state index is 4.36. The van der Waals surface area contributed by atoms with E-state index in [1.807, 2.05) is 22.5 Å². The van der Waals surface area contributed by atoms with Gasteiger partial charge in [-0.3, -0.25) is 4.90 Å². The van der Waals surface area contributed by atoms with E-state index < -0.39 is 0 Å². The van der Waals surface area contributed by atoms with Gasteiger partial charge in [-0.25, -0.2) is 4.68 Å². The van der Waals surface area contributed by atoms with E-state index in [0.717, 1.165) is 25.5 Å². The zero-order chi connectivity index (χ0) is 15.4. The lowest BCUT2D eigenvalue weighted by molar-refractivity contribution is 0.158. The Bertz CT molecular complexity index is 577. The second-order valence-corrected chi connectivity index (χ2v) is 7.24. The topological polar surface area (TPSA) is 46.8 Å². The molecular formula is C16H23N5S. The molecule has 1 atom stereocenters. The molecule has 1 aliphatic rings. The van der Waals surface area contributed by atoms with Gasteiger partial charge in [0, 0.05) is 24.6 Å². The van der Waals surface area contributed by atoms with Gasteiger partial charge in [0.05, 0.1) is 12.6 Å². The average molecular weight is 317 g/mol. The van der Waals surface area contributed by atoms with E-state index in [2.05, 4.69) is 58.5 Å². The summed E-state index contributed by atoms with van der Waals surface area (Å²) in [7, 11) is 0. The lowest BCUT2D eigenvalue weighted by Crippen LogP contribution is -2.39. The molecule has 0 unspecified atom stereocenters. The van der Waals surface area contributed by atoms with Gasteiger partial charge >= 0.3 is 0 Å². The summed E-state index contributed by atoms with van der Waals surface area (Å²) >= 11 is 2.03. The van der Waals surface area contributed by atoms with Crippen LogP contribution in [0.5, 0.6) is 0 Å². The number of benzene rings is 1. The molecule has 0 N–H and O–H groups in total. The fourth-order valence-electron chi connectivity index (χ4n) is 3.03. The molecule has 1 aromatic heterocycles. The Balaban J connectivity index is 1.84. The standard InChI is InChI=1S/C16H23N5S/c1-13(2)15(20-8-10-22-11-9-20)16-17-18-19-21(16)12-14-6-4-3-5-7-14/h3-7,13,15H,8-12H2,1-2H3/t15-/m0/s1. The van der Waals surface area contributed by atoms with Crippen molar-refractivity contribution in [3.63, 3.8) is 0 Å². The summed E-state index contributed by atoms with van der Waals surface area (Å²) in [6.45, 7) is 7.48. The lowest BCUT2D eigenvalue weighted by atomic mass is 10.0. The first-order valence-electron chi connectivity index (χ1n) is 7.87. The highest BCUT2D eigenvalue weighted by Gasteiger charge is 2.29. The van der Waals surface area contributed by atoms with Gasteiger partial charge in [0.15, 0.2) is 5.82 Å². The second kappa shape index (κ2) is 7.24. The van der Waals surface area contributed by atoms with Gasteiger partial charge in [0.25, 0.3) is 0 Å². The summed E-state index contributed by atoms with van der Waals surface area (Å²) in [6, 6.07) is 10.7. The van der Waals surface area contributed by atoms with Crippen LogP contribution in [0.15, 0.2) is 30.3 Å². The second-order valence-electron chi connectivity index (χ2n) is 6.02. The van der Waals surface area contributed by atoms with E-state index in [4.69, 9.17) is 0 Å². The van der Waals surface area contributed by atoms with Gasteiger partial charge < -0.3 is 0 Å². The molecule has 2 aromatic rings. The van der Waals surface area contributed by atoms with Crippen molar-refractivity contribution in [2.45, 2.75) is 26.4 Å². The molecule has 118 valence electrons. The zero-order valence-corrected chi connectivity index (χ0v) is 14.0. The van der Waals surface area contributed by atoms with E-state index in [0.29, 0.717) is 12.0 Å². The first-order valence-corrected chi connectivity index (χ1v) is 9.03. The van der Waals surface area contributed by atoms with E-state index in [1.54, 1.807) is 0 Å². The first kappa shape index (κ1) is 15.5. The lowest BCUT2D eigenvalue weighted by Gasteiger charge is -2.35. The van der Waals surface area contributed by atoms with Crippen LogP contribution >= 0.6 is 11.8 Å². The Hall–Kier alpha value is -1.40. The molecule has 3 rings (SSSR count). The highest BCUT2D eigenvalue weighted by atomic mass is 32.2. The van der Waals surface area contributed by atoms with Gasteiger partial charge in [-0.15, -0.1) is 5.10 Å². The normalized spacial score (nSPS) is 17.8. The molecule has 2 heterocycles. The number of thioether (sulfide) groups is 1. The van der Waals surface area contributed by atoms with Gasteiger partial charge in [0.1, 0.15) is 0 Å². The van der Waals surface area contributed by atoms with Gasteiger partial charge in [-0.1, -0.05) is 44.2 Å². The predicted molar refractivity (Wildman–Crippen MR) is 89.8 cm³/mol. The van der Waals surface area contributed by atoms with Crippen molar-refractivity contribution in [3.8, 4) is 0 Å². The Kier molecular flexibility index (Phi) is 5.10. The maximum absolute atomic E-state index is 4.36. The van der Waals surface area contributed by atoms with E-state index in [9.17, 15) is 0 Å². The molecule has 0 spiro atoms. The van der Waals surface area contributed by atoms with Crippen molar-refractivity contribution in [1.82, 2.24) is 25.1 Å². The maximum Gasteiger partial charge on any atom is 0.169 e. The van der Waals surface area contributed by atoms with Gasteiger partial charge in [-0.2, -0.15) is 11.8 Å². The molecular weight excluding hydrogens is 294 g/mol.